The predicted octanol–water partition coefficient (Wildman–Crippen LogP) is 2.81. The van der Waals surface area contributed by atoms with Crippen LogP contribution in [0.1, 0.15) is 18.5 Å². The van der Waals surface area contributed by atoms with Crippen molar-refractivity contribution in [1.82, 2.24) is 0 Å². The summed E-state index contributed by atoms with van der Waals surface area (Å²) in [4.78, 5) is 0. The van der Waals surface area contributed by atoms with Crippen LogP contribution in [0.2, 0.25) is 0 Å². The zero-order valence-electron chi connectivity index (χ0n) is 6.64. The minimum atomic E-state index is -0.0428. The van der Waals surface area contributed by atoms with Gasteiger partial charge in [0.2, 0.25) is 0 Å². The monoisotopic (exact) mass is 292 g/mol. The molecule has 0 spiro atoms. The Labute approximate surface area is 88.6 Å². The molecule has 0 heterocycles. The fourth-order valence-corrected chi connectivity index (χ4v) is 2.24. The summed E-state index contributed by atoms with van der Waals surface area (Å²) in [6.45, 7) is 1.91. The molecule has 1 rings (SSSR count). The van der Waals surface area contributed by atoms with Crippen molar-refractivity contribution in [3.8, 4) is 0 Å². The Morgan fingerprint density at radius 3 is 2.42 bits per heavy atom. The van der Waals surface area contributed by atoms with Gasteiger partial charge in [-0.3, -0.25) is 0 Å². The number of halogens is 2. The van der Waals surface area contributed by atoms with Crippen LogP contribution < -0.4 is 11.5 Å². The Hall–Kier alpha value is -0.0600. The summed E-state index contributed by atoms with van der Waals surface area (Å²) < 4.78 is 1.86. The van der Waals surface area contributed by atoms with Crippen LogP contribution in [0, 0.1) is 0 Å². The first kappa shape index (κ1) is 10.0. The molecular formula is C8H10Br2N2. The van der Waals surface area contributed by atoms with E-state index in [2.05, 4.69) is 31.9 Å². The Morgan fingerprint density at radius 2 is 1.92 bits per heavy atom. The molecule has 0 aliphatic heterocycles. The third-order valence-electron chi connectivity index (χ3n) is 1.62. The van der Waals surface area contributed by atoms with Crippen molar-refractivity contribution in [2.45, 2.75) is 13.0 Å². The van der Waals surface area contributed by atoms with Crippen molar-refractivity contribution in [2.24, 2.45) is 5.73 Å². The third-order valence-corrected chi connectivity index (χ3v) is 2.73. The van der Waals surface area contributed by atoms with Gasteiger partial charge in [0.15, 0.2) is 0 Å². The van der Waals surface area contributed by atoms with E-state index in [4.69, 9.17) is 11.5 Å². The van der Waals surface area contributed by atoms with E-state index < -0.39 is 0 Å². The van der Waals surface area contributed by atoms with E-state index in [1.807, 2.05) is 19.1 Å². The highest BCUT2D eigenvalue weighted by Crippen LogP contribution is 2.30. The van der Waals surface area contributed by atoms with Gasteiger partial charge in [-0.05, 0) is 40.5 Å². The van der Waals surface area contributed by atoms with Gasteiger partial charge in [-0.25, -0.2) is 0 Å². The van der Waals surface area contributed by atoms with Gasteiger partial charge in [-0.15, -0.1) is 0 Å². The first-order chi connectivity index (χ1) is 5.52. The molecule has 1 aromatic rings. The second-order valence-corrected chi connectivity index (χ2v) is 4.45. The van der Waals surface area contributed by atoms with Gasteiger partial charge in [0.05, 0.1) is 5.69 Å². The van der Waals surface area contributed by atoms with Crippen molar-refractivity contribution in [3.05, 3.63) is 26.6 Å². The molecule has 0 unspecified atom stereocenters. The molecule has 0 saturated carbocycles. The molecule has 12 heavy (non-hydrogen) atoms. The smallest absolute Gasteiger partial charge is 0.0507 e. The van der Waals surface area contributed by atoms with Gasteiger partial charge in [0, 0.05) is 15.0 Å². The highest BCUT2D eigenvalue weighted by molar-refractivity contribution is 9.11. The summed E-state index contributed by atoms with van der Waals surface area (Å²) in [7, 11) is 0. The van der Waals surface area contributed by atoms with Crippen LogP contribution in [0.5, 0.6) is 0 Å². The number of nitrogen functional groups attached to an aromatic ring is 1. The molecule has 0 saturated heterocycles. The van der Waals surface area contributed by atoms with Crippen molar-refractivity contribution in [2.75, 3.05) is 5.73 Å². The molecular weight excluding hydrogens is 284 g/mol. The van der Waals surface area contributed by atoms with E-state index in [0.29, 0.717) is 5.69 Å². The number of hydrogen-bond acceptors (Lipinski definition) is 2. The molecule has 0 aliphatic rings. The lowest BCUT2D eigenvalue weighted by atomic mass is 10.1. The predicted molar refractivity (Wildman–Crippen MR) is 58.9 cm³/mol. The van der Waals surface area contributed by atoms with Crippen LogP contribution in [-0.4, -0.2) is 0 Å². The highest BCUT2D eigenvalue weighted by atomic mass is 79.9. The molecule has 0 amide bonds. The Kier molecular flexibility index (Phi) is 3.15. The number of anilines is 1. The molecule has 1 aromatic carbocycles. The average molecular weight is 294 g/mol. The van der Waals surface area contributed by atoms with Gasteiger partial charge in [0.1, 0.15) is 0 Å². The lowest BCUT2D eigenvalue weighted by Crippen LogP contribution is -2.08. The van der Waals surface area contributed by atoms with Crippen LogP contribution in [0.15, 0.2) is 21.1 Å². The van der Waals surface area contributed by atoms with Gasteiger partial charge in [-0.2, -0.15) is 0 Å². The maximum absolute atomic E-state index is 5.80. The summed E-state index contributed by atoms with van der Waals surface area (Å²) >= 11 is 6.73. The Bertz CT molecular complexity index is 297. The van der Waals surface area contributed by atoms with Crippen LogP contribution in [-0.2, 0) is 0 Å². The molecule has 0 radical (unpaired) electrons. The highest BCUT2D eigenvalue weighted by Gasteiger charge is 2.08. The van der Waals surface area contributed by atoms with Gasteiger partial charge >= 0.3 is 0 Å². The quantitative estimate of drug-likeness (QED) is 0.782. The van der Waals surface area contributed by atoms with Crippen LogP contribution >= 0.6 is 31.9 Å². The van der Waals surface area contributed by atoms with E-state index in [-0.39, 0.29) is 6.04 Å². The van der Waals surface area contributed by atoms with Crippen molar-refractivity contribution in [1.29, 1.82) is 0 Å². The minimum Gasteiger partial charge on any atom is -0.398 e. The molecule has 1 atom stereocenters. The first-order valence-electron chi connectivity index (χ1n) is 3.52. The molecule has 4 N–H and O–H groups in total. The normalized spacial score (nSPS) is 13.0. The summed E-state index contributed by atoms with van der Waals surface area (Å²) in [5.74, 6) is 0. The van der Waals surface area contributed by atoms with Crippen molar-refractivity contribution < 1.29 is 0 Å². The molecule has 0 fully saturated rings. The zero-order valence-corrected chi connectivity index (χ0v) is 9.81. The maximum Gasteiger partial charge on any atom is 0.0507 e. The summed E-state index contributed by atoms with van der Waals surface area (Å²) in [6.07, 6.45) is 0. The van der Waals surface area contributed by atoms with Crippen molar-refractivity contribution >= 4 is 37.5 Å². The van der Waals surface area contributed by atoms with Crippen LogP contribution in [0.3, 0.4) is 0 Å². The SMILES string of the molecule is C[C@@H](N)c1cc(Br)cc(Br)c1N. The maximum atomic E-state index is 5.80. The second kappa shape index (κ2) is 3.77. The van der Waals surface area contributed by atoms with E-state index >= 15 is 0 Å². The first-order valence-corrected chi connectivity index (χ1v) is 5.11. The van der Waals surface area contributed by atoms with Crippen LogP contribution in [0.25, 0.3) is 0 Å². The second-order valence-electron chi connectivity index (χ2n) is 2.68. The fourth-order valence-electron chi connectivity index (χ4n) is 0.981. The van der Waals surface area contributed by atoms with Gasteiger partial charge in [-0.1, -0.05) is 15.9 Å². The van der Waals surface area contributed by atoms with Crippen molar-refractivity contribution in [3.63, 3.8) is 0 Å². The largest absolute Gasteiger partial charge is 0.398 e. The number of rotatable bonds is 1. The summed E-state index contributed by atoms with van der Waals surface area (Å²) in [5.41, 5.74) is 13.2. The molecule has 0 aliphatic carbocycles. The molecule has 0 aromatic heterocycles. The zero-order chi connectivity index (χ0) is 9.30. The molecule has 66 valence electrons. The summed E-state index contributed by atoms with van der Waals surface area (Å²) in [6, 6.07) is 3.80. The summed E-state index contributed by atoms with van der Waals surface area (Å²) in [5, 5.41) is 0. The van der Waals surface area contributed by atoms with Gasteiger partial charge < -0.3 is 11.5 Å². The molecule has 2 nitrogen and oxygen atoms in total. The minimum absolute atomic E-state index is 0.0428. The molecule has 0 bridgehead atoms. The lowest BCUT2D eigenvalue weighted by Gasteiger charge is -2.11. The lowest BCUT2D eigenvalue weighted by molar-refractivity contribution is 0.820. The van der Waals surface area contributed by atoms with Crippen LogP contribution in [0.4, 0.5) is 5.69 Å². The number of hydrogen-bond donors (Lipinski definition) is 2. The molecule has 4 heteroatoms. The standard InChI is InChI=1S/C8H10Br2N2/c1-4(11)6-2-5(9)3-7(10)8(6)12/h2-4H,11-12H2,1H3/t4-/m1/s1. The number of nitrogens with two attached hydrogens (primary N) is 2. The number of benzene rings is 1. The Morgan fingerprint density at radius 1 is 1.33 bits per heavy atom. The topological polar surface area (TPSA) is 52.0 Å². The fraction of sp³-hybridized carbons (Fsp3) is 0.250. The Balaban J connectivity index is 3.28. The van der Waals surface area contributed by atoms with E-state index in [1.54, 1.807) is 0 Å². The van der Waals surface area contributed by atoms with Gasteiger partial charge in [0.25, 0.3) is 0 Å². The van der Waals surface area contributed by atoms with E-state index in [0.717, 1.165) is 14.5 Å². The van der Waals surface area contributed by atoms with E-state index in [1.165, 1.54) is 0 Å². The average Bonchev–Trinajstić information content (AvgIpc) is 1.96. The van der Waals surface area contributed by atoms with E-state index in [9.17, 15) is 0 Å². The third kappa shape index (κ3) is 2.00.